The number of unbranched alkanes of at least 4 members (excludes halogenated alkanes) is 1. The standard InChI is InChI=1S/C8H14F3NO3/c1-14-5-3-2-4-12-7(13)15-6-8(9,10)11/h2-6H2,1H3,(H,12,13). The van der Waals surface area contributed by atoms with Gasteiger partial charge in [0.05, 0.1) is 0 Å². The van der Waals surface area contributed by atoms with Gasteiger partial charge in [0.15, 0.2) is 6.61 Å². The van der Waals surface area contributed by atoms with E-state index in [2.05, 4.69) is 10.1 Å². The van der Waals surface area contributed by atoms with Crippen molar-refractivity contribution in [2.75, 3.05) is 26.9 Å². The van der Waals surface area contributed by atoms with Crippen molar-refractivity contribution in [3.8, 4) is 0 Å². The molecule has 7 heteroatoms. The van der Waals surface area contributed by atoms with Crippen molar-refractivity contribution in [3.05, 3.63) is 0 Å². The Labute approximate surface area is 85.7 Å². The second kappa shape index (κ2) is 7.33. The maximum Gasteiger partial charge on any atom is 0.422 e. The molecule has 4 nitrogen and oxygen atoms in total. The van der Waals surface area contributed by atoms with Gasteiger partial charge >= 0.3 is 12.3 Å². The van der Waals surface area contributed by atoms with E-state index in [-0.39, 0.29) is 6.54 Å². The number of alkyl halides is 3. The van der Waals surface area contributed by atoms with Gasteiger partial charge in [-0.25, -0.2) is 4.79 Å². The summed E-state index contributed by atoms with van der Waals surface area (Å²) in [6, 6.07) is 0. The summed E-state index contributed by atoms with van der Waals surface area (Å²) < 4.78 is 43.4. The first-order chi connectivity index (χ1) is 6.95. The summed E-state index contributed by atoms with van der Waals surface area (Å²) in [4.78, 5) is 10.7. The van der Waals surface area contributed by atoms with Gasteiger partial charge in [0.1, 0.15) is 0 Å². The van der Waals surface area contributed by atoms with Crippen molar-refractivity contribution < 1.29 is 27.4 Å². The smallest absolute Gasteiger partial charge is 0.422 e. The van der Waals surface area contributed by atoms with Crippen LogP contribution in [0.25, 0.3) is 0 Å². The Hall–Kier alpha value is -0.980. The largest absolute Gasteiger partial charge is 0.440 e. The molecule has 0 aromatic heterocycles. The van der Waals surface area contributed by atoms with Gasteiger partial charge in [-0.3, -0.25) is 0 Å². The first-order valence-electron chi connectivity index (χ1n) is 4.42. The molecule has 0 unspecified atom stereocenters. The van der Waals surface area contributed by atoms with Crippen molar-refractivity contribution >= 4 is 6.09 Å². The molecule has 0 aliphatic heterocycles. The summed E-state index contributed by atoms with van der Waals surface area (Å²) in [6.45, 7) is -0.726. The van der Waals surface area contributed by atoms with E-state index in [9.17, 15) is 18.0 Å². The molecule has 0 saturated heterocycles. The third-order valence-corrected chi connectivity index (χ3v) is 1.41. The van der Waals surface area contributed by atoms with Crippen molar-refractivity contribution in [1.82, 2.24) is 5.32 Å². The Balaban J connectivity index is 3.34. The molecule has 0 spiro atoms. The molecule has 0 aromatic carbocycles. The molecule has 0 aromatic rings. The minimum Gasteiger partial charge on any atom is -0.440 e. The summed E-state index contributed by atoms with van der Waals surface area (Å²) in [7, 11) is 1.55. The van der Waals surface area contributed by atoms with Crippen LogP contribution in [0.3, 0.4) is 0 Å². The van der Waals surface area contributed by atoms with E-state index in [1.54, 1.807) is 7.11 Å². The van der Waals surface area contributed by atoms with E-state index < -0.39 is 18.9 Å². The van der Waals surface area contributed by atoms with Gasteiger partial charge in [0.25, 0.3) is 0 Å². The number of amides is 1. The van der Waals surface area contributed by atoms with Crippen LogP contribution in [0.1, 0.15) is 12.8 Å². The molecule has 15 heavy (non-hydrogen) atoms. The zero-order chi connectivity index (χ0) is 11.7. The third-order valence-electron chi connectivity index (χ3n) is 1.41. The number of alkyl carbamates (subject to hydrolysis) is 1. The topological polar surface area (TPSA) is 47.6 Å². The van der Waals surface area contributed by atoms with Crippen molar-refractivity contribution in [2.24, 2.45) is 0 Å². The van der Waals surface area contributed by atoms with Crippen LogP contribution in [0, 0.1) is 0 Å². The number of carbonyl (C=O) groups is 1. The highest BCUT2D eigenvalue weighted by Crippen LogP contribution is 2.14. The van der Waals surface area contributed by atoms with Gasteiger partial charge < -0.3 is 14.8 Å². The molecular weight excluding hydrogens is 215 g/mol. The molecule has 0 heterocycles. The summed E-state index contributed by atoms with van der Waals surface area (Å²) >= 11 is 0. The fraction of sp³-hybridized carbons (Fsp3) is 0.875. The van der Waals surface area contributed by atoms with Gasteiger partial charge in [-0.05, 0) is 12.8 Å². The lowest BCUT2D eigenvalue weighted by molar-refractivity contribution is -0.160. The number of hydrogen-bond acceptors (Lipinski definition) is 3. The summed E-state index contributed by atoms with van der Waals surface area (Å²) in [5.41, 5.74) is 0. The highest BCUT2D eigenvalue weighted by Gasteiger charge is 2.29. The zero-order valence-corrected chi connectivity index (χ0v) is 8.39. The van der Waals surface area contributed by atoms with Crippen LogP contribution in [0.2, 0.25) is 0 Å². The predicted molar refractivity (Wildman–Crippen MR) is 46.5 cm³/mol. The number of methoxy groups -OCH3 is 1. The number of nitrogens with one attached hydrogen (secondary N) is 1. The Bertz CT molecular complexity index is 184. The second-order valence-corrected chi connectivity index (χ2v) is 2.82. The molecule has 0 rings (SSSR count). The van der Waals surface area contributed by atoms with E-state index in [0.717, 1.165) is 6.42 Å². The van der Waals surface area contributed by atoms with E-state index in [4.69, 9.17) is 4.74 Å². The lowest BCUT2D eigenvalue weighted by Crippen LogP contribution is -2.29. The Morgan fingerprint density at radius 1 is 1.33 bits per heavy atom. The minimum absolute atomic E-state index is 0.278. The molecule has 0 fully saturated rings. The monoisotopic (exact) mass is 229 g/mol. The van der Waals surface area contributed by atoms with Crippen LogP contribution in [0.4, 0.5) is 18.0 Å². The van der Waals surface area contributed by atoms with Crippen LogP contribution in [-0.4, -0.2) is 39.1 Å². The minimum atomic E-state index is -4.48. The highest BCUT2D eigenvalue weighted by atomic mass is 19.4. The Kier molecular flexibility index (Phi) is 6.85. The van der Waals surface area contributed by atoms with Crippen LogP contribution in [0.5, 0.6) is 0 Å². The van der Waals surface area contributed by atoms with Gasteiger partial charge in [-0.15, -0.1) is 0 Å². The van der Waals surface area contributed by atoms with Crippen molar-refractivity contribution in [2.45, 2.75) is 19.0 Å². The highest BCUT2D eigenvalue weighted by molar-refractivity contribution is 5.67. The lowest BCUT2D eigenvalue weighted by atomic mass is 10.3. The van der Waals surface area contributed by atoms with Crippen molar-refractivity contribution in [1.29, 1.82) is 0 Å². The van der Waals surface area contributed by atoms with Crippen LogP contribution in [-0.2, 0) is 9.47 Å². The number of rotatable bonds is 6. The third kappa shape index (κ3) is 10.9. The normalized spacial score (nSPS) is 11.2. The number of hydrogen-bond donors (Lipinski definition) is 1. The molecule has 0 aliphatic rings. The van der Waals surface area contributed by atoms with Crippen LogP contribution < -0.4 is 5.32 Å². The number of ether oxygens (including phenoxy) is 2. The molecule has 0 radical (unpaired) electrons. The molecular formula is C8H14F3NO3. The number of halogens is 3. The van der Waals surface area contributed by atoms with Gasteiger partial charge in [0, 0.05) is 20.3 Å². The maximum absolute atomic E-state index is 11.6. The fourth-order valence-corrected chi connectivity index (χ4v) is 0.760. The first kappa shape index (κ1) is 14.0. The fourth-order valence-electron chi connectivity index (χ4n) is 0.760. The molecule has 1 amide bonds. The van der Waals surface area contributed by atoms with Crippen LogP contribution in [0.15, 0.2) is 0 Å². The molecule has 0 bridgehead atoms. The first-order valence-corrected chi connectivity index (χ1v) is 4.42. The predicted octanol–water partition coefficient (Wildman–Crippen LogP) is 1.70. The van der Waals surface area contributed by atoms with E-state index in [1.165, 1.54) is 0 Å². The molecule has 90 valence electrons. The van der Waals surface area contributed by atoms with Gasteiger partial charge in [-0.2, -0.15) is 13.2 Å². The molecule has 0 atom stereocenters. The van der Waals surface area contributed by atoms with E-state index in [0.29, 0.717) is 13.0 Å². The summed E-state index contributed by atoms with van der Waals surface area (Å²) in [6.07, 6.45) is -4.16. The SMILES string of the molecule is COCCCCNC(=O)OCC(F)(F)F. The quantitative estimate of drug-likeness (QED) is 0.705. The Morgan fingerprint density at radius 3 is 2.53 bits per heavy atom. The Morgan fingerprint density at radius 2 is 2.00 bits per heavy atom. The average Bonchev–Trinajstić information content (AvgIpc) is 2.13. The maximum atomic E-state index is 11.6. The lowest BCUT2D eigenvalue weighted by Gasteiger charge is -2.08. The van der Waals surface area contributed by atoms with E-state index in [1.807, 2.05) is 0 Å². The molecule has 0 saturated carbocycles. The van der Waals surface area contributed by atoms with Crippen LogP contribution >= 0.6 is 0 Å². The van der Waals surface area contributed by atoms with Gasteiger partial charge in [-0.1, -0.05) is 0 Å². The van der Waals surface area contributed by atoms with Gasteiger partial charge in [0.2, 0.25) is 0 Å². The zero-order valence-electron chi connectivity index (χ0n) is 8.39. The number of carbonyl (C=O) groups excluding carboxylic acids is 1. The van der Waals surface area contributed by atoms with E-state index >= 15 is 0 Å². The summed E-state index contributed by atoms with van der Waals surface area (Å²) in [5.74, 6) is 0. The average molecular weight is 229 g/mol. The summed E-state index contributed by atoms with van der Waals surface area (Å²) in [5, 5.41) is 2.20. The van der Waals surface area contributed by atoms with Crippen molar-refractivity contribution in [3.63, 3.8) is 0 Å². The molecule has 0 aliphatic carbocycles. The molecule has 1 N–H and O–H groups in total. The second-order valence-electron chi connectivity index (χ2n) is 2.82.